The van der Waals surface area contributed by atoms with Crippen LogP contribution in [-0.4, -0.2) is 55.1 Å². The Kier molecular flexibility index (Phi) is 6.10. The number of nitrogens with one attached hydrogen (secondary N) is 1. The third-order valence-corrected chi connectivity index (χ3v) is 5.03. The monoisotopic (exact) mass is 384 g/mol. The van der Waals surface area contributed by atoms with Crippen molar-refractivity contribution in [3.05, 3.63) is 58.6 Å². The van der Waals surface area contributed by atoms with E-state index in [9.17, 15) is 14.9 Å². The topological polar surface area (TPSA) is 88.0 Å². The van der Waals surface area contributed by atoms with E-state index in [-0.39, 0.29) is 23.3 Å². The van der Waals surface area contributed by atoms with E-state index in [4.69, 9.17) is 4.74 Å². The molecule has 1 amide bonds. The number of anilines is 2. The standard InChI is InChI=1S/C20H24N4O4/c1-15(20(25)21-16-7-3-4-8-17(16)24(26)27)22-11-13-23(14-12-22)18-9-5-6-10-19(18)28-2/h3-10,15H,11-14H2,1-2H3,(H,21,25). The predicted octanol–water partition coefficient (Wildman–Crippen LogP) is 2.75. The molecule has 28 heavy (non-hydrogen) atoms. The quantitative estimate of drug-likeness (QED) is 0.609. The van der Waals surface area contributed by atoms with Gasteiger partial charge in [-0.3, -0.25) is 19.8 Å². The second-order valence-corrected chi connectivity index (χ2v) is 6.63. The fraction of sp³-hybridized carbons (Fsp3) is 0.350. The molecule has 0 aliphatic carbocycles. The molecule has 0 saturated carbocycles. The van der Waals surface area contributed by atoms with Crippen LogP contribution >= 0.6 is 0 Å². The van der Waals surface area contributed by atoms with E-state index in [0.717, 1.165) is 24.5 Å². The molecule has 8 nitrogen and oxygen atoms in total. The van der Waals surface area contributed by atoms with Gasteiger partial charge < -0.3 is 15.0 Å². The van der Waals surface area contributed by atoms with Crippen LogP contribution in [0, 0.1) is 10.1 Å². The molecule has 1 saturated heterocycles. The van der Waals surface area contributed by atoms with Crippen molar-refractivity contribution in [1.82, 2.24) is 4.90 Å². The third kappa shape index (κ3) is 4.23. The van der Waals surface area contributed by atoms with Gasteiger partial charge in [0.25, 0.3) is 5.69 Å². The summed E-state index contributed by atoms with van der Waals surface area (Å²) in [5, 5.41) is 13.8. The molecular formula is C20H24N4O4. The van der Waals surface area contributed by atoms with Crippen molar-refractivity contribution < 1.29 is 14.5 Å². The molecule has 1 aliphatic rings. The van der Waals surface area contributed by atoms with Gasteiger partial charge in [0.1, 0.15) is 11.4 Å². The Morgan fingerprint density at radius 3 is 2.43 bits per heavy atom. The summed E-state index contributed by atoms with van der Waals surface area (Å²) in [6.45, 7) is 4.78. The molecule has 0 bridgehead atoms. The molecule has 0 aromatic heterocycles. The summed E-state index contributed by atoms with van der Waals surface area (Å²) in [4.78, 5) is 27.6. The van der Waals surface area contributed by atoms with Gasteiger partial charge in [0, 0.05) is 32.2 Å². The zero-order chi connectivity index (χ0) is 20.1. The van der Waals surface area contributed by atoms with E-state index in [0.29, 0.717) is 13.1 Å². The maximum atomic E-state index is 12.6. The number of hydrogen-bond acceptors (Lipinski definition) is 6. The molecule has 1 N–H and O–H groups in total. The Bertz CT molecular complexity index is 850. The van der Waals surface area contributed by atoms with Gasteiger partial charge in [0.15, 0.2) is 0 Å². The normalized spacial score (nSPS) is 15.7. The Hall–Kier alpha value is -3.13. The molecule has 8 heteroatoms. The van der Waals surface area contributed by atoms with Crippen molar-refractivity contribution in [2.45, 2.75) is 13.0 Å². The van der Waals surface area contributed by atoms with Gasteiger partial charge in [-0.25, -0.2) is 0 Å². The highest BCUT2D eigenvalue weighted by Gasteiger charge is 2.27. The Balaban J connectivity index is 1.61. The van der Waals surface area contributed by atoms with E-state index in [1.165, 1.54) is 6.07 Å². The first kappa shape index (κ1) is 19.6. The van der Waals surface area contributed by atoms with E-state index in [2.05, 4.69) is 15.1 Å². The molecule has 1 atom stereocenters. The van der Waals surface area contributed by atoms with Gasteiger partial charge in [-0.1, -0.05) is 24.3 Å². The summed E-state index contributed by atoms with van der Waals surface area (Å²) in [6.07, 6.45) is 0. The highest BCUT2D eigenvalue weighted by atomic mass is 16.6. The van der Waals surface area contributed by atoms with Crippen LogP contribution in [0.5, 0.6) is 5.75 Å². The number of rotatable bonds is 6. The van der Waals surface area contributed by atoms with E-state index in [1.54, 1.807) is 25.3 Å². The van der Waals surface area contributed by atoms with Gasteiger partial charge >= 0.3 is 0 Å². The van der Waals surface area contributed by atoms with Crippen molar-refractivity contribution >= 4 is 23.0 Å². The molecule has 1 aliphatic heterocycles. The molecular weight excluding hydrogens is 360 g/mol. The first-order valence-electron chi connectivity index (χ1n) is 9.17. The Morgan fingerprint density at radius 1 is 1.11 bits per heavy atom. The second kappa shape index (κ2) is 8.71. The van der Waals surface area contributed by atoms with Gasteiger partial charge in [-0.05, 0) is 25.1 Å². The number of amides is 1. The average Bonchev–Trinajstić information content (AvgIpc) is 2.73. The summed E-state index contributed by atoms with van der Waals surface area (Å²) < 4.78 is 5.43. The molecule has 3 rings (SSSR count). The number of nitro benzene ring substituents is 1. The number of nitro groups is 1. The number of carbonyl (C=O) groups is 1. The molecule has 1 fully saturated rings. The lowest BCUT2D eigenvalue weighted by Crippen LogP contribution is -2.52. The van der Waals surface area contributed by atoms with Crippen molar-refractivity contribution in [1.29, 1.82) is 0 Å². The maximum Gasteiger partial charge on any atom is 0.292 e. The summed E-state index contributed by atoms with van der Waals surface area (Å²) in [5.74, 6) is 0.582. The molecule has 1 unspecified atom stereocenters. The number of para-hydroxylation sites is 4. The zero-order valence-electron chi connectivity index (χ0n) is 16.0. The van der Waals surface area contributed by atoms with Crippen LogP contribution in [0.1, 0.15) is 6.92 Å². The van der Waals surface area contributed by atoms with Crippen molar-refractivity contribution in [3.63, 3.8) is 0 Å². The SMILES string of the molecule is COc1ccccc1N1CCN(C(C)C(=O)Nc2ccccc2[N+](=O)[O-])CC1. The van der Waals surface area contributed by atoms with E-state index in [1.807, 2.05) is 31.2 Å². The molecule has 2 aromatic rings. The van der Waals surface area contributed by atoms with Crippen molar-refractivity contribution in [3.8, 4) is 5.75 Å². The van der Waals surface area contributed by atoms with Gasteiger partial charge in [0.05, 0.1) is 23.8 Å². The third-order valence-electron chi connectivity index (χ3n) is 5.03. The molecule has 0 spiro atoms. The van der Waals surface area contributed by atoms with Crippen LogP contribution in [0.3, 0.4) is 0 Å². The number of methoxy groups -OCH3 is 1. The Morgan fingerprint density at radius 2 is 1.75 bits per heavy atom. The highest BCUT2D eigenvalue weighted by molar-refractivity contribution is 5.96. The summed E-state index contributed by atoms with van der Waals surface area (Å²) in [5.41, 5.74) is 1.16. The predicted molar refractivity (Wildman–Crippen MR) is 108 cm³/mol. The second-order valence-electron chi connectivity index (χ2n) is 6.63. The number of carbonyl (C=O) groups excluding carboxylic acids is 1. The molecule has 148 valence electrons. The van der Waals surface area contributed by atoms with E-state index < -0.39 is 4.92 Å². The summed E-state index contributed by atoms with van der Waals surface area (Å²) >= 11 is 0. The van der Waals surface area contributed by atoms with Crippen LogP contribution in [0.2, 0.25) is 0 Å². The minimum atomic E-state index is -0.494. The number of hydrogen-bond donors (Lipinski definition) is 1. The molecule has 0 radical (unpaired) electrons. The van der Waals surface area contributed by atoms with Gasteiger partial charge in [-0.15, -0.1) is 0 Å². The average molecular weight is 384 g/mol. The summed E-state index contributed by atoms with van der Waals surface area (Å²) in [6, 6.07) is 13.7. The van der Waals surface area contributed by atoms with Crippen LogP contribution in [0.15, 0.2) is 48.5 Å². The van der Waals surface area contributed by atoms with Crippen LogP contribution in [0.25, 0.3) is 0 Å². The smallest absolute Gasteiger partial charge is 0.292 e. The molecule has 2 aromatic carbocycles. The Labute approximate surface area is 163 Å². The molecule has 1 heterocycles. The fourth-order valence-electron chi connectivity index (χ4n) is 3.38. The number of piperazine rings is 1. The van der Waals surface area contributed by atoms with Crippen LogP contribution in [-0.2, 0) is 4.79 Å². The fourth-order valence-corrected chi connectivity index (χ4v) is 3.38. The lowest BCUT2D eigenvalue weighted by Gasteiger charge is -2.38. The lowest BCUT2D eigenvalue weighted by atomic mass is 10.1. The first-order chi connectivity index (χ1) is 13.5. The largest absolute Gasteiger partial charge is 0.495 e. The van der Waals surface area contributed by atoms with Gasteiger partial charge in [-0.2, -0.15) is 0 Å². The number of ether oxygens (including phenoxy) is 1. The summed E-state index contributed by atoms with van der Waals surface area (Å²) in [7, 11) is 1.66. The number of nitrogens with zero attached hydrogens (tertiary/aromatic N) is 3. The minimum absolute atomic E-state index is 0.107. The van der Waals surface area contributed by atoms with Crippen LogP contribution < -0.4 is 15.0 Å². The zero-order valence-corrected chi connectivity index (χ0v) is 16.0. The van der Waals surface area contributed by atoms with E-state index >= 15 is 0 Å². The van der Waals surface area contributed by atoms with Crippen molar-refractivity contribution in [2.75, 3.05) is 43.5 Å². The number of benzene rings is 2. The highest BCUT2D eigenvalue weighted by Crippen LogP contribution is 2.29. The minimum Gasteiger partial charge on any atom is -0.495 e. The maximum absolute atomic E-state index is 12.6. The van der Waals surface area contributed by atoms with Crippen molar-refractivity contribution in [2.24, 2.45) is 0 Å². The first-order valence-corrected chi connectivity index (χ1v) is 9.17. The lowest BCUT2D eigenvalue weighted by molar-refractivity contribution is -0.383. The van der Waals surface area contributed by atoms with Gasteiger partial charge in [0.2, 0.25) is 5.91 Å². The van der Waals surface area contributed by atoms with Crippen LogP contribution in [0.4, 0.5) is 17.1 Å².